The molecule has 3 rings (SSSR count). The number of nitrogens with zero attached hydrogens (tertiary/aromatic N) is 2. The number of aromatic nitrogens is 2. The Balaban J connectivity index is 1.91. The van der Waals surface area contributed by atoms with Crippen molar-refractivity contribution in [3.8, 4) is 0 Å². The number of imidazole rings is 1. The van der Waals surface area contributed by atoms with Crippen LogP contribution in [-0.2, 0) is 13.0 Å². The molecular weight excluding hydrogens is 176 g/mol. The first-order valence-corrected chi connectivity index (χ1v) is 5.57. The molecule has 1 unspecified atom stereocenters. The molecule has 3 nitrogen and oxygen atoms in total. The molecular formula is C11H16N2O. The van der Waals surface area contributed by atoms with Crippen molar-refractivity contribution >= 4 is 0 Å². The second kappa shape index (κ2) is 3.09. The van der Waals surface area contributed by atoms with Crippen LogP contribution in [0.5, 0.6) is 0 Å². The highest BCUT2D eigenvalue weighted by molar-refractivity contribution is 5.14. The molecule has 76 valence electrons. The fourth-order valence-electron chi connectivity index (χ4n) is 2.46. The van der Waals surface area contributed by atoms with Crippen molar-refractivity contribution in [1.82, 2.24) is 9.55 Å². The lowest BCUT2D eigenvalue weighted by Crippen LogP contribution is -2.25. The third kappa shape index (κ3) is 1.19. The van der Waals surface area contributed by atoms with E-state index in [-0.39, 0.29) is 6.10 Å². The quantitative estimate of drug-likeness (QED) is 0.731. The molecule has 2 heterocycles. The van der Waals surface area contributed by atoms with Crippen LogP contribution in [0.15, 0.2) is 6.20 Å². The Morgan fingerprint density at radius 2 is 2.21 bits per heavy atom. The van der Waals surface area contributed by atoms with E-state index in [9.17, 15) is 5.11 Å². The molecule has 1 atom stereocenters. The lowest BCUT2D eigenvalue weighted by Gasteiger charge is -2.28. The number of aliphatic hydroxyl groups is 1. The van der Waals surface area contributed by atoms with E-state index in [1.54, 1.807) is 0 Å². The molecule has 14 heavy (non-hydrogen) atoms. The average Bonchev–Trinajstić information content (AvgIpc) is 2.45. The predicted octanol–water partition coefficient (Wildman–Crippen LogP) is 1.46. The van der Waals surface area contributed by atoms with Gasteiger partial charge in [0.2, 0.25) is 0 Å². The van der Waals surface area contributed by atoms with Gasteiger partial charge < -0.3 is 9.67 Å². The van der Waals surface area contributed by atoms with Crippen molar-refractivity contribution in [3.05, 3.63) is 17.7 Å². The minimum Gasteiger partial charge on any atom is -0.393 e. The molecule has 0 spiro atoms. The van der Waals surface area contributed by atoms with Crippen molar-refractivity contribution in [2.75, 3.05) is 0 Å². The van der Waals surface area contributed by atoms with Crippen LogP contribution >= 0.6 is 0 Å². The van der Waals surface area contributed by atoms with E-state index in [0.29, 0.717) is 5.92 Å². The summed E-state index contributed by atoms with van der Waals surface area (Å²) in [4.78, 5) is 4.51. The van der Waals surface area contributed by atoms with E-state index in [4.69, 9.17) is 0 Å². The van der Waals surface area contributed by atoms with E-state index in [2.05, 4.69) is 9.55 Å². The van der Waals surface area contributed by atoms with Crippen molar-refractivity contribution < 1.29 is 5.11 Å². The SMILES string of the molecule is OC1CCn2c(cnc2C2CCC2)C1. The van der Waals surface area contributed by atoms with Crippen molar-refractivity contribution in [2.45, 2.75) is 50.7 Å². The summed E-state index contributed by atoms with van der Waals surface area (Å²) in [5.41, 5.74) is 1.23. The van der Waals surface area contributed by atoms with Gasteiger partial charge in [0.25, 0.3) is 0 Å². The van der Waals surface area contributed by atoms with Crippen molar-refractivity contribution in [3.63, 3.8) is 0 Å². The van der Waals surface area contributed by atoms with Gasteiger partial charge in [0, 0.05) is 30.8 Å². The Morgan fingerprint density at radius 3 is 2.93 bits per heavy atom. The third-order valence-electron chi connectivity index (χ3n) is 3.57. The maximum atomic E-state index is 9.53. The molecule has 1 N–H and O–H groups in total. The summed E-state index contributed by atoms with van der Waals surface area (Å²) in [5, 5.41) is 9.53. The van der Waals surface area contributed by atoms with Gasteiger partial charge in [0.15, 0.2) is 0 Å². The molecule has 1 aromatic heterocycles. The Bertz CT molecular complexity index is 341. The minimum absolute atomic E-state index is 0.145. The van der Waals surface area contributed by atoms with Gasteiger partial charge in [-0.1, -0.05) is 6.42 Å². The number of fused-ring (bicyclic) bond motifs is 1. The summed E-state index contributed by atoms with van der Waals surface area (Å²) in [6.45, 7) is 0.961. The largest absolute Gasteiger partial charge is 0.393 e. The summed E-state index contributed by atoms with van der Waals surface area (Å²) in [6.07, 6.45) is 7.46. The summed E-state index contributed by atoms with van der Waals surface area (Å²) in [6, 6.07) is 0. The van der Waals surface area contributed by atoms with Gasteiger partial charge in [-0.05, 0) is 19.3 Å². The molecule has 0 radical (unpaired) electrons. The molecule has 1 aliphatic heterocycles. The van der Waals surface area contributed by atoms with Gasteiger partial charge >= 0.3 is 0 Å². The molecule has 2 aliphatic rings. The first-order chi connectivity index (χ1) is 6.84. The first-order valence-electron chi connectivity index (χ1n) is 5.57. The zero-order valence-corrected chi connectivity index (χ0v) is 8.32. The molecule has 0 amide bonds. The average molecular weight is 192 g/mol. The zero-order chi connectivity index (χ0) is 9.54. The maximum absolute atomic E-state index is 9.53. The van der Waals surface area contributed by atoms with E-state index >= 15 is 0 Å². The van der Waals surface area contributed by atoms with Crippen LogP contribution in [0.3, 0.4) is 0 Å². The van der Waals surface area contributed by atoms with Crippen LogP contribution in [0.25, 0.3) is 0 Å². The lowest BCUT2D eigenvalue weighted by atomic mass is 9.84. The fourth-order valence-corrected chi connectivity index (χ4v) is 2.46. The molecule has 0 bridgehead atoms. The van der Waals surface area contributed by atoms with Crippen LogP contribution in [0.2, 0.25) is 0 Å². The number of hydrogen-bond acceptors (Lipinski definition) is 2. The van der Waals surface area contributed by atoms with Gasteiger partial charge in [-0.2, -0.15) is 0 Å². The molecule has 1 aliphatic carbocycles. The fraction of sp³-hybridized carbons (Fsp3) is 0.727. The molecule has 1 fully saturated rings. The highest BCUT2D eigenvalue weighted by Crippen LogP contribution is 2.36. The van der Waals surface area contributed by atoms with Gasteiger partial charge in [0.1, 0.15) is 5.82 Å². The van der Waals surface area contributed by atoms with Crippen LogP contribution in [0, 0.1) is 0 Å². The number of aliphatic hydroxyl groups excluding tert-OH is 1. The molecule has 0 aromatic carbocycles. The highest BCUT2D eigenvalue weighted by atomic mass is 16.3. The highest BCUT2D eigenvalue weighted by Gasteiger charge is 2.27. The van der Waals surface area contributed by atoms with Crippen LogP contribution in [-0.4, -0.2) is 20.8 Å². The van der Waals surface area contributed by atoms with E-state index < -0.39 is 0 Å². The molecule has 3 heteroatoms. The van der Waals surface area contributed by atoms with Crippen LogP contribution < -0.4 is 0 Å². The van der Waals surface area contributed by atoms with E-state index in [0.717, 1.165) is 19.4 Å². The minimum atomic E-state index is -0.145. The number of hydrogen-bond donors (Lipinski definition) is 1. The Morgan fingerprint density at radius 1 is 1.36 bits per heavy atom. The summed E-state index contributed by atoms with van der Waals surface area (Å²) in [7, 11) is 0. The smallest absolute Gasteiger partial charge is 0.111 e. The van der Waals surface area contributed by atoms with Crippen molar-refractivity contribution in [2.24, 2.45) is 0 Å². The lowest BCUT2D eigenvalue weighted by molar-refractivity contribution is 0.142. The maximum Gasteiger partial charge on any atom is 0.111 e. The molecule has 1 aromatic rings. The summed E-state index contributed by atoms with van der Waals surface area (Å²) in [5.74, 6) is 1.98. The molecule has 1 saturated carbocycles. The van der Waals surface area contributed by atoms with Crippen molar-refractivity contribution in [1.29, 1.82) is 0 Å². The van der Waals surface area contributed by atoms with E-state index in [1.165, 1.54) is 30.8 Å². The summed E-state index contributed by atoms with van der Waals surface area (Å²) < 4.78 is 2.33. The van der Waals surface area contributed by atoms with Gasteiger partial charge in [0.05, 0.1) is 6.10 Å². The topological polar surface area (TPSA) is 38.0 Å². The third-order valence-corrected chi connectivity index (χ3v) is 3.57. The molecule has 0 saturated heterocycles. The van der Waals surface area contributed by atoms with Crippen LogP contribution in [0.1, 0.15) is 43.1 Å². The van der Waals surface area contributed by atoms with Crippen LogP contribution in [0.4, 0.5) is 0 Å². The Hall–Kier alpha value is -0.830. The normalized spacial score (nSPS) is 27.1. The Labute approximate surface area is 83.8 Å². The van der Waals surface area contributed by atoms with Gasteiger partial charge in [-0.15, -0.1) is 0 Å². The number of rotatable bonds is 1. The predicted molar refractivity (Wildman–Crippen MR) is 53.1 cm³/mol. The second-order valence-corrected chi connectivity index (χ2v) is 4.53. The van der Waals surface area contributed by atoms with E-state index in [1.807, 2.05) is 6.20 Å². The first kappa shape index (κ1) is 8.48. The summed E-state index contributed by atoms with van der Waals surface area (Å²) >= 11 is 0. The zero-order valence-electron chi connectivity index (χ0n) is 8.32. The second-order valence-electron chi connectivity index (χ2n) is 4.53. The monoisotopic (exact) mass is 192 g/mol. The Kier molecular flexibility index (Phi) is 1.87. The van der Waals surface area contributed by atoms with Gasteiger partial charge in [-0.25, -0.2) is 4.98 Å². The standard InChI is InChI=1S/C11H16N2O/c14-10-4-5-13-9(6-10)7-12-11(13)8-2-1-3-8/h7-8,10,14H,1-6H2. The van der Waals surface area contributed by atoms with Gasteiger partial charge in [-0.3, -0.25) is 0 Å².